The first-order valence-electron chi connectivity index (χ1n) is 8.44. The van der Waals surface area contributed by atoms with Gasteiger partial charge in [-0.15, -0.1) is 0 Å². The third kappa shape index (κ3) is 5.18. The van der Waals surface area contributed by atoms with E-state index in [9.17, 15) is 0 Å². The number of nitrogens with one attached hydrogen (secondary N) is 1. The minimum absolute atomic E-state index is 0.311. The first-order valence-corrected chi connectivity index (χ1v) is 8.44. The van der Waals surface area contributed by atoms with Crippen molar-refractivity contribution in [2.75, 3.05) is 18.5 Å². The van der Waals surface area contributed by atoms with E-state index in [1.54, 1.807) is 0 Å². The molecular weight excluding hydrogens is 262 g/mol. The average molecular weight is 291 g/mol. The monoisotopic (exact) mass is 291 g/mol. The Bertz CT molecular complexity index is 428. The summed E-state index contributed by atoms with van der Waals surface area (Å²) in [5.74, 6) is 3.47. The van der Waals surface area contributed by atoms with Gasteiger partial charge in [-0.25, -0.2) is 4.98 Å². The summed E-state index contributed by atoms with van der Waals surface area (Å²) in [4.78, 5) is 9.12. The van der Waals surface area contributed by atoms with Crippen LogP contribution in [0.15, 0.2) is 6.07 Å². The zero-order valence-electron chi connectivity index (χ0n) is 13.7. The van der Waals surface area contributed by atoms with Crippen LogP contribution in [0.1, 0.15) is 71.0 Å². The molecule has 21 heavy (non-hydrogen) atoms. The number of aromatic nitrogens is 2. The smallest absolute Gasteiger partial charge is 0.218 e. The number of anilines is 1. The highest BCUT2D eigenvalue weighted by Gasteiger charge is 2.15. The molecule has 0 aromatic carbocycles. The fraction of sp³-hybridized carbons (Fsp3) is 0.765. The second kappa shape index (κ2) is 8.20. The van der Waals surface area contributed by atoms with E-state index in [-0.39, 0.29) is 0 Å². The lowest BCUT2D eigenvalue weighted by Gasteiger charge is -2.21. The summed E-state index contributed by atoms with van der Waals surface area (Å²) in [6.45, 7) is 8.10. The lowest BCUT2D eigenvalue weighted by molar-refractivity contribution is 0.202. The van der Waals surface area contributed by atoms with Crippen LogP contribution in [0.2, 0.25) is 0 Å². The van der Waals surface area contributed by atoms with Crippen LogP contribution in [0.3, 0.4) is 0 Å². The lowest BCUT2D eigenvalue weighted by atomic mass is 9.90. The maximum atomic E-state index is 5.97. The average Bonchev–Trinajstić information content (AvgIpc) is 2.51. The third-order valence-corrected chi connectivity index (χ3v) is 3.98. The van der Waals surface area contributed by atoms with Crippen LogP contribution < -0.4 is 10.1 Å². The van der Waals surface area contributed by atoms with Crippen molar-refractivity contribution in [3.8, 4) is 5.88 Å². The molecule has 0 aliphatic heterocycles. The quantitative estimate of drug-likeness (QED) is 0.809. The van der Waals surface area contributed by atoms with Crippen LogP contribution >= 0.6 is 0 Å². The molecule has 1 saturated carbocycles. The standard InChI is InChI=1S/C17H29N3O/c1-4-10-18-15-11-16(20-17(19-15)13(2)3)21-12-14-8-6-5-7-9-14/h11,13-14H,4-10,12H2,1-3H3,(H,18,19,20). The molecule has 118 valence electrons. The summed E-state index contributed by atoms with van der Waals surface area (Å²) in [6.07, 6.45) is 7.74. The number of rotatable bonds is 7. The Kier molecular flexibility index (Phi) is 6.27. The normalized spacial score (nSPS) is 16.2. The maximum Gasteiger partial charge on any atom is 0.218 e. The zero-order chi connectivity index (χ0) is 15.1. The highest BCUT2D eigenvalue weighted by atomic mass is 16.5. The SMILES string of the molecule is CCCNc1cc(OCC2CCCCC2)nc(C(C)C)n1. The van der Waals surface area contributed by atoms with E-state index in [0.717, 1.165) is 37.1 Å². The summed E-state index contributed by atoms with van der Waals surface area (Å²) >= 11 is 0. The van der Waals surface area contributed by atoms with Gasteiger partial charge in [0.15, 0.2) is 0 Å². The minimum Gasteiger partial charge on any atom is -0.477 e. The van der Waals surface area contributed by atoms with Crippen LogP contribution in [-0.2, 0) is 0 Å². The Balaban J connectivity index is 2.00. The van der Waals surface area contributed by atoms with Gasteiger partial charge in [0.25, 0.3) is 0 Å². The van der Waals surface area contributed by atoms with Crippen molar-refractivity contribution in [2.24, 2.45) is 5.92 Å². The first kappa shape index (κ1) is 16.1. The molecule has 4 nitrogen and oxygen atoms in total. The van der Waals surface area contributed by atoms with E-state index in [1.165, 1.54) is 32.1 Å². The van der Waals surface area contributed by atoms with Crippen LogP contribution in [0, 0.1) is 5.92 Å². The molecule has 1 aliphatic rings. The summed E-state index contributed by atoms with van der Waals surface area (Å²) in [5.41, 5.74) is 0. The van der Waals surface area contributed by atoms with E-state index in [0.29, 0.717) is 11.8 Å². The van der Waals surface area contributed by atoms with Gasteiger partial charge in [-0.3, -0.25) is 0 Å². The van der Waals surface area contributed by atoms with E-state index in [1.807, 2.05) is 6.07 Å². The van der Waals surface area contributed by atoms with Gasteiger partial charge in [0.05, 0.1) is 6.61 Å². The van der Waals surface area contributed by atoms with Gasteiger partial charge in [-0.2, -0.15) is 4.98 Å². The molecule has 0 radical (unpaired) electrons. The van der Waals surface area contributed by atoms with Gasteiger partial charge in [0, 0.05) is 18.5 Å². The molecule has 1 aliphatic carbocycles. The number of ether oxygens (including phenoxy) is 1. The Morgan fingerprint density at radius 2 is 2.00 bits per heavy atom. The maximum absolute atomic E-state index is 5.97. The Morgan fingerprint density at radius 3 is 2.67 bits per heavy atom. The summed E-state index contributed by atoms with van der Waals surface area (Å²) < 4.78 is 5.97. The fourth-order valence-electron chi connectivity index (χ4n) is 2.68. The molecule has 1 fully saturated rings. The van der Waals surface area contributed by atoms with Crippen molar-refractivity contribution in [2.45, 2.75) is 65.2 Å². The number of hydrogen-bond donors (Lipinski definition) is 1. The van der Waals surface area contributed by atoms with Gasteiger partial charge in [0.1, 0.15) is 11.6 Å². The fourth-order valence-corrected chi connectivity index (χ4v) is 2.68. The van der Waals surface area contributed by atoms with Gasteiger partial charge < -0.3 is 10.1 Å². The van der Waals surface area contributed by atoms with E-state index < -0.39 is 0 Å². The largest absolute Gasteiger partial charge is 0.477 e. The molecule has 2 rings (SSSR count). The Morgan fingerprint density at radius 1 is 1.24 bits per heavy atom. The molecular formula is C17H29N3O. The molecule has 0 amide bonds. The second-order valence-electron chi connectivity index (χ2n) is 6.35. The second-order valence-corrected chi connectivity index (χ2v) is 6.35. The lowest BCUT2D eigenvalue weighted by Crippen LogP contribution is -2.16. The number of hydrogen-bond acceptors (Lipinski definition) is 4. The van der Waals surface area contributed by atoms with Crippen LogP contribution in [0.25, 0.3) is 0 Å². The van der Waals surface area contributed by atoms with E-state index in [4.69, 9.17) is 4.74 Å². The van der Waals surface area contributed by atoms with E-state index >= 15 is 0 Å². The van der Waals surface area contributed by atoms with Gasteiger partial charge in [-0.05, 0) is 25.2 Å². The molecule has 0 spiro atoms. The molecule has 1 aromatic rings. The van der Waals surface area contributed by atoms with Crippen molar-refractivity contribution in [3.63, 3.8) is 0 Å². The van der Waals surface area contributed by atoms with Crippen molar-refractivity contribution in [1.29, 1.82) is 0 Å². The molecule has 0 unspecified atom stereocenters. The summed E-state index contributed by atoms with van der Waals surface area (Å²) in [5, 5.41) is 3.34. The Labute approximate surface area is 128 Å². The van der Waals surface area contributed by atoms with E-state index in [2.05, 4.69) is 36.1 Å². The van der Waals surface area contributed by atoms with Gasteiger partial charge in [0.2, 0.25) is 5.88 Å². The molecule has 0 atom stereocenters. The zero-order valence-corrected chi connectivity index (χ0v) is 13.7. The highest BCUT2D eigenvalue weighted by Crippen LogP contribution is 2.25. The first-order chi connectivity index (χ1) is 10.2. The minimum atomic E-state index is 0.311. The van der Waals surface area contributed by atoms with Crippen molar-refractivity contribution in [3.05, 3.63) is 11.9 Å². The van der Waals surface area contributed by atoms with Crippen molar-refractivity contribution < 1.29 is 4.74 Å². The van der Waals surface area contributed by atoms with Crippen LogP contribution in [0.4, 0.5) is 5.82 Å². The number of nitrogens with zero attached hydrogens (tertiary/aromatic N) is 2. The van der Waals surface area contributed by atoms with Gasteiger partial charge >= 0.3 is 0 Å². The molecule has 1 aromatic heterocycles. The predicted molar refractivity (Wildman–Crippen MR) is 87.0 cm³/mol. The van der Waals surface area contributed by atoms with Crippen molar-refractivity contribution >= 4 is 5.82 Å². The van der Waals surface area contributed by atoms with Gasteiger partial charge in [-0.1, -0.05) is 40.0 Å². The molecule has 4 heteroatoms. The Hall–Kier alpha value is -1.32. The summed E-state index contributed by atoms with van der Waals surface area (Å²) in [7, 11) is 0. The van der Waals surface area contributed by atoms with Crippen LogP contribution in [-0.4, -0.2) is 23.1 Å². The highest BCUT2D eigenvalue weighted by molar-refractivity contribution is 5.38. The molecule has 0 bridgehead atoms. The third-order valence-electron chi connectivity index (χ3n) is 3.98. The molecule has 0 saturated heterocycles. The molecule has 1 heterocycles. The van der Waals surface area contributed by atoms with Crippen molar-refractivity contribution in [1.82, 2.24) is 9.97 Å². The molecule has 1 N–H and O–H groups in total. The predicted octanol–water partition coefficient (Wildman–Crippen LogP) is 4.38. The van der Waals surface area contributed by atoms with Crippen LogP contribution in [0.5, 0.6) is 5.88 Å². The summed E-state index contributed by atoms with van der Waals surface area (Å²) in [6, 6.07) is 1.93. The topological polar surface area (TPSA) is 47.0 Å².